The predicted molar refractivity (Wildman–Crippen MR) is 118 cm³/mol. The summed E-state index contributed by atoms with van der Waals surface area (Å²) in [5, 5.41) is 3.09. The summed E-state index contributed by atoms with van der Waals surface area (Å²) in [7, 11) is 0. The first-order valence-electron chi connectivity index (χ1n) is 10.5. The molecule has 3 aromatic carbocycles. The lowest BCUT2D eigenvalue weighted by molar-refractivity contribution is -0.137. The smallest absolute Gasteiger partial charge is 0.350 e. The molecule has 4 aromatic rings. The van der Waals surface area contributed by atoms with Crippen LogP contribution in [0.3, 0.4) is 0 Å². The van der Waals surface area contributed by atoms with E-state index in [0.717, 1.165) is 34.5 Å². The van der Waals surface area contributed by atoms with E-state index in [1.807, 2.05) is 36.4 Å². The molecule has 1 unspecified atom stereocenters. The Morgan fingerprint density at radius 2 is 1.58 bits per heavy atom. The van der Waals surface area contributed by atoms with E-state index >= 15 is 0 Å². The van der Waals surface area contributed by atoms with Gasteiger partial charge in [-0.05, 0) is 46.9 Å². The molecular formula is C26H19F4N3. The van der Waals surface area contributed by atoms with Crippen LogP contribution in [0.2, 0.25) is 0 Å². The first-order chi connectivity index (χ1) is 15.9. The fourth-order valence-electron chi connectivity index (χ4n) is 4.25. The molecule has 1 aromatic heterocycles. The number of hydrogen-bond acceptors (Lipinski definition) is 3. The van der Waals surface area contributed by atoms with Gasteiger partial charge in [0.05, 0.1) is 11.3 Å². The third-order valence-electron chi connectivity index (χ3n) is 5.89. The number of rotatable bonds is 4. The fraction of sp³-hybridized carbons (Fsp3) is 0.154. The molecule has 1 aliphatic rings. The summed E-state index contributed by atoms with van der Waals surface area (Å²) in [5.74, 6) is 0.00810. The Morgan fingerprint density at radius 1 is 0.879 bits per heavy atom. The molecule has 1 heterocycles. The van der Waals surface area contributed by atoms with Crippen LogP contribution in [0.1, 0.15) is 33.7 Å². The van der Waals surface area contributed by atoms with Crippen molar-refractivity contribution in [3.63, 3.8) is 0 Å². The van der Waals surface area contributed by atoms with Gasteiger partial charge < -0.3 is 5.32 Å². The zero-order valence-corrected chi connectivity index (χ0v) is 17.4. The summed E-state index contributed by atoms with van der Waals surface area (Å²) in [6, 6.07) is 19.6. The van der Waals surface area contributed by atoms with Gasteiger partial charge in [-0.1, -0.05) is 54.6 Å². The van der Waals surface area contributed by atoms with Gasteiger partial charge in [0.25, 0.3) is 0 Å². The van der Waals surface area contributed by atoms with Crippen LogP contribution in [-0.2, 0) is 19.1 Å². The van der Waals surface area contributed by atoms with Gasteiger partial charge >= 0.3 is 6.18 Å². The maximum atomic E-state index is 14.6. The van der Waals surface area contributed by atoms with Crippen molar-refractivity contribution in [3.05, 3.63) is 113 Å². The van der Waals surface area contributed by atoms with Crippen molar-refractivity contribution < 1.29 is 17.6 Å². The molecular weight excluding hydrogens is 430 g/mol. The van der Waals surface area contributed by atoms with E-state index in [2.05, 4.69) is 15.3 Å². The standard InChI is InChI=1S/C26H19F4N3/c27-23-8-4-3-6-20(23)22-13-17-15-32-25(33-24(17)21-7-2-1-5-19(21)22)31-14-16-9-11-18(12-10-16)26(28,29)30/h1-12,15,22H,13-14H2,(H,31,32,33). The summed E-state index contributed by atoms with van der Waals surface area (Å²) >= 11 is 0. The van der Waals surface area contributed by atoms with E-state index in [4.69, 9.17) is 0 Å². The largest absolute Gasteiger partial charge is 0.416 e. The lowest BCUT2D eigenvalue weighted by Crippen LogP contribution is -2.16. The molecule has 1 N–H and O–H groups in total. The number of hydrogen-bond donors (Lipinski definition) is 1. The highest BCUT2D eigenvalue weighted by Gasteiger charge is 2.30. The second kappa shape index (κ2) is 8.31. The van der Waals surface area contributed by atoms with Gasteiger partial charge in [-0.3, -0.25) is 0 Å². The third kappa shape index (κ3) is 4.18. The van der Waals surface area contributed by atoms with Crippen LogP contribution >= 0.6 is 0 Å². The van der Waals surface area contributed by atoms with Crippen LogP contribution < -0.4 is 5.32 Å². The molecule has 5 rings (SSSR count). The Morgan fingerprint density at radius 3 is 2.30 bits per heavy atom. The minimum Gasteiger partial charge on any atom is -0.350 e. The highest BCUT2D eigenvalue weighted by Crippen LogP contribution is 2.42. The Labute approximate surface area is 188 Å². The number of anilines is 1. The Kier molecular flexibility index (Phi) is 5.32. The Balaban J connectivity index is 1.41. The lowest BCUT2D eigenvalue weighted by Gasteiger charge is -2.27. The van der Waals surface area contributed by atoms with Crippen LogP contribution in [0.4, 0.5) is 23.5 Å². The number of nitrogens with one attached hydrogen (secondary N) is 1. The van der Waals surface area contributed by atoms with Crippen LogP contribution in [0.15, 0.2) is 79.0 Å². The first-order valence-corrected chi connectivity index (χ1v) is 10.5. The molecule has 0 fully saturated rings. The van der Waals surface area contributed by atoms with Crippen molar-refractivity contribution in [2.45, 2.75) is 25.1 Å². The van der Waals surface area contributed by atoms with Crippen LogP contribution in [0.5, 0.6) is 0 Å². The van der Waals surface area contributed by atoms with Gasteiger partial charge in [0.15, 0.2) is 0 Å². The summed E-state index contributed by atoms with van der Waals surface area (Å²) in [6.45, 7) is 0.288. The van der Waals surface area contributed by atoms with Crippen molar-refractivity contribution in [1.29, 1.82) is 0 Å². The zero-order valence-electron chi connectivity index (χ0n) is 17.4. The fourth-order valence-corrected chi connectivity index (χ4v) is 4.25. The minimum absolute atomic E-state index is 0.135. The van der Waals surface area contributed by atoms with E-state index in [0.29, 0.717) is 23.5 Å². The number of nitrogens with zero attached hydrogens (tertiary/aromatic N) is 2. The van der Waals surface area contributed by atoms with E-state index in [1.165, 1.54) is 18.2 Å². The van der Waals surface area contributed by atoms with Gasteiger partial charge in [-0.2, -0.15) is 13.2 Å². The van der Waals surface area contributed by atoms with Gasteiger partial charge in [-0.25, -0.2) is 14.4 Å². The molecule has 0 bridgehead atoms. The molecule has 0 saturated heterocycles. The van der Waals surface area contributed by atoms with Crippen molar-refractivity contribution in [2.24, 2.45) is 0 Å². The molecule has 0 radical (unpaired) electrons. The molecule has 0 aliphatic heterocycles. The lowest BCUT2D eigenvalue weighted by atomic mass is 9.78. The maximum absolute atomic E-state index is 14.6. The van der Waals surface area contributed by atoms with Crippen molar-refractivity contribution >= 4 is 5.95 Å². The highest BCUT2D eigenvalue weighted by molar-refractivity contribution is 5.72. The van der Waals surface area contributed by atoms with E-state index in [9.17, 15) is 17.6 Å². The average Bonchev–Trinajstić information content (AvgIpc) is 2.82. The van der Waals surface area contributed by atoms with Crippen LogP contribution in [0.25, 0.3) is 11.3 Å². The van der Waals surface area contributed by atoms with Crippen molar-refractivity contribution in [3.8, 4) is 11.3 Å². The molecule has 1 aliphatic carbocycles. The predicted octanol–water partition coefficient (Wildman–Crippen LogP) is 6.60. The number of fused-ring (bicyclic) bond motifs is 3. The van der Waals surface area contributed by atoms with Gasteiger partial charge in [-0.15, -0.1) is 0 Å². The van der Waals surface area contributed by atoms with Gasteiger partial charge in [0.2, 0.25) is 5.95 Å². The molecule has 3 nitrogen and oxygen atoms in total. The van der Waals surface area contributed by atoms with E-state index in [1.54, 1.807) is 12.3 Å². The van der Waals surface area contributed by atoms with Gasteiger partial charge in [0.1, 0.15) is 5.82 Å². The molecule has 7 heteroatoms. The number of aromatic nitrogens is 2. The summed E-state index contributed by atoms with van der Waals surface area (Å²) < 4.78 is 52.8. The highest BCUT2D eigenvalue weighted by atomic mass is 19.4. The Bertz CT molecular complexity index is 1300. The zero-order chi connectivity index (χ0) is 23.0. The second-order valence-corrected chi connectivity index (χ2v) is 7.98. The monoisotopic (exact) mass is 449 g/mol. The molecule has 0 amide bonds. The SMILES string of the molecule is Fc1ccccc1C1Cc2cnc(NCc3ccc(C(F)(F)F)cc3)nc2-c2ccccc21. The molecule has 33 heavy (non-hydrogen) atoms. The van der Waals surface area contributed by atoms with Crippen molar-refractivity contribution in [2.75, 3.05) is 5.32 Å². The summed E-state index contributed by atoms with van der Waals surface area (Å²) in [6.07, 6.45) is -2.05. The summed E-state index contributed by atoms with van der Waals surface area (Å²) in [4.78, 5) is 9.07. The van der Waals surface area contributed by atoms with E-state index < -0.39 is 11.7 Å². The number of benzene rings is 3. The van der Waals surface area contributed by atoms with Crippen LogP contribution in [0, 0.1) is 5.82 Å². The second-order valence-electron chi connectivity index (χ2n) is 7.98. The maximum Gasteiger partial charge on any atom is 0.416 e. The third-order valence-corrected chi connectivity index (χ3v) is 5.89. The minimum atomic E-state index is -4.36. The quantitative estimate of drug-likeness (QED) is 0.357. The molecule has 1 atom stereocenters. The Hall–Kier alpha value is -3.74. The van der Waals surface area contributed by atoms with Crippen LogP contribution in [-0.4, -0.2) is 9.97 Å². The molecule has 0 spiro atoms. The molecule has 0 saturated carbocycles. The topological polar surface area (TPSA) is 37.8 Å². The van der Waals surface area contributed by atoms with E-state index in [-0.39, 0.29) is 18.3 Å². The number of alkyl halides is 3. The normalized spacial score (nSPS) is 15.0. The number of halogens is 4. The van der Waals surface area contributed by atoms with Crippen molar-refractivity contribution in [1.82, 2.24) is 9.97 Å². The summed E-state index contributed by atoms with van der Waals surface area (Å²) in [5.41, 5.74) is 4.27. The average molecular weight is 449 g/mol. The van der Waals surface area contributed by atoms with Gasteiger partial charge in [0, 0.05) is 24.2 Å². The first kappa shape index (κ1) is 21.1. The molecule has 166 valence electrons.